The van der Waals surface area contributed by atoms with E-state index < -0.39 is 0 Å². The molecule has 1 saturated carbocycles. The second-order valence-corrected chi connectivity index (χ2v) is 4.09. The van der Waals surface area contributed by atoms with E-state index in [0.29, 0.717) is 6.04 Å². The summed E-state index contributed by atoms with van der Waals surface area (Å²) < 4.78 is 0. The topological polar surface area (TPSA) is 37.8 Å². The Bertz CT molecular complexity index is 307. The summed E-state index contributed by atoms with van der Waals surface area (Å²) in [5.74, 6) is 0.871. The monoisotopic (exact) mass is 191 g/mol. The molecule has 1 aromatic heterocycles. The van der Waals surface area contributed by atoms with Crippen molar-refractivity contribution in [2.45, 2.75) is 32.2 Å². The van der Waals surface area contributed by atoms with Crippen LogP contribution in [0.1, 0.15) is 24.2 Å². The van der Waals surface area contributed by atoms with Crippen molar-refractivity contribution < 1.29 is 0 Å². The van der Waals surface area contributed by atoms with Gasteiger partial charge in [-0.05, 0) is 38.8 Å². The molecule has 3 heteroatoms. The van der Waals surface area contributed by atoms with Crippen molar-refractivity contribution >= 4 is 0 Å². The van der Waals surface area contributed by atoms with Gasteiger partial charge in [0.2, 0.25) is 0 Å². The quantitative estimate of drug-likeness (QED) is 0.780. The molecule has 1 N–H and O–H groups in total. The first-order valence-electron chi connectivity index (χ1n) is 5.24. The van der Waals surface area contributed by atoms with Crippen molar-refractivity contribution in [1.29, 1.82) is 0 Å². The van der Waals surface area contributed by atoms with Crippen LogP contribution in [0, 0.1) is 12.8 Å². The van der Waals surface area contributed by atoms with Gasteiger partial charge >= 0.3 is 0 Å². The van der Waals surface area contributed by atoms with Gasteiger partial charge in [-0.15, -0.1) is 0 Å². The van der Waals surface area contributed by atoms with Crippen LogP contribution in [0.4, 0.5) is 0 Å². The van der Waals surface area contributed by atoms with Crippen LogP contribution in [-0.4, -0.2) is 23.1 Å². The molecular formula is C11H17N3. The molecule has 1 heterocycles. The minimum Gasteiger partial charge on any atom is -0.316 e. The number of hydrogen-bond donors (Lipinski definition) is 1. The molecule has 76 valence electrons. The van der Waals surface area contributed by atoms with Crippen LogP contribution < -0.4 is 5.32 Å². The molecule has 0 radical (unpaired) electrons. The second kappa shape index (κ2) is 4.05. The van der Waals surface area contributed by atoms with Crippen molar-refractivity contribution in [2.75, 3.05) is 7.05 Å². The molecular weight excluding hydrogens is 174 g/mol. The molecule has 1 aliphatic rings. The Kier molecular flexibility index (Phi) is 2.77. The average Bonchev–Trinajstić information content (AvgIpc) is 2.97. The van der Waals surface area contributed by atoms with Crippen molar-refractivity contribution in [2.24, 2.45) is 5.92 Å². The zero-order chi connectivity index (χ0) is 9.97. The summed E-state index contributed by atoms with van der Waals surface area (Å²) in [4.78, 5) is 8.39. The molecule has 1 aromatic rings. The standard InChI is InChI=1S/C11H17N3/c1-8-5-10(14-7-13-8)6-11(12-2)9-3-4-9/h5,7,9,11-12H,3-4,6H2,1-2H3. The fourth-order valence-electron chi connectivity index (χ4n) is 1.85. The number of nitrogens with one attached hydrogen (secondary N) is 1. The van der Waals surface area contributed by atoms with E-state index in [9.17, 15) is 0 Å². The van der Waals surface area contributed by atoms with Gasteiger partial charge in [-0.2, -0.15) is 0 Å². The Morgan fingerprint density at radius 3 is 2.86 bits per heavy atom. The Morgan fingerprint density at radius 2 is 2.29 bits per heavy atom. The van der Waals surface area contributed by atoms with Gasteiger partial charge in [0, 0.05) is 23.9 Å². The Balaban J connectivity index is 2.01. The highest BCUT2D eigenvalue weighted by atomic mass is 14.9. The number of rotatable bonds is 4. The molecule has 0 spiro atoms. The highest BCUT2D eigenvalue weighted by Crippen LogP contribution is 2.33. The zero-order valence-corrected chi connectivity index (χ0v) is 8.83. The molecule has 1 aliphatic carbocycles. The van der Waals surface area contributed by atoms with E-state index in [4.69, 9.17) is 0 Å². The van der Waals surface area contributed by atoms with Crippen LogP contribution in [0.3, 0.4) is 0 Å². The lowest BCUT2D eigenvalue weighted by Crippen LogP contribution is -2.30. The van der Waals surface area contributed by atoms with Crippen LogP contribution in [0.2, 0.25) is 0 Å². The summed E-state index contributed by atoms with van der Waals surface area (Å²) in [5, 5.41) is 3.37. The van der Waals surface area contributed by atoms with Gasteiger partial charge in [0.25, 0.3) is 0 Å². The van der Waals surface area contributed by atoms with Crippen LogP contribution in [-0.2, 0) is 6.42 Å². The van der Waals surface area contributed by atoms with E-state index in [1.54, 1.807) is 6.33 Å². The first kappa shape index (κ1) is 9.59. The Hall–Kier alpha value is -0.960. The van der Waals surface area contributed by atoms with E-state index in [0.717, 1.165) is 23.7 Å². The van der Waals surface area contributed by atoms with Crippen molar-refractivity contribution in [3.63, 3.8) is 0 Å². The zero-order valence-electron chi connectivity index (χ0n) is 8.83. The smallest absolute Gasteiger partial charge is 0.115 e. The molecule has 0 bridgehead atoms. The summed E-state index contributed by atoms with van der Waals surface area (Å²) in [6.45, 7) is 2.01. The maximum atomic E-state index is 4.29. The second-order valence-electron chi connectivity index (χ2n) is 4.09. The fourth-order valence-corrected chi connectivity index (χ4v) is 1.85. The number of aryl methyl sites for hydroxylation is 1. The maximum Gasteiger partial charge on any atom is 0.115 e. The van der Waals surface area contributed by atoms with Crippen molar-refractivity contribution in [3.05, 3.63) is 23.8 Å². The van der Waals surface area contributed by atoms with Crippen molar-refractivity contribution in [1.82, 2.24) is 15.3 Å². The summed E-state index contributed by atoms with van der Waals surface area (Å²) in [7, 11) is 2.04. The lowest BCUT2D eigenvalue weighted by Gasteiger charge is -2.14. The molecule has 2 rings (SSSR count). The van der Waals surface area contributed by atoms with Gasteiger partial charge in [-0.1, -0.05) is 0 Å². The molecule has 1 fully saturated rings. The van der Waals surface area contributed by atoms with E-state index >= 15 is 0 Å². The third kappa shape index (κ3) is 2.29. The minimum absolute atomic E-state index is 0.601. The third-order valence-electron chi connectivity index (χ3n) is 2.85. The molecule has 3 nitrogen and oxygen atoms in total. The molecule has 1 unspecified atom stereocenters. The third-order valence-corrected chi connectivity index (χ3v) is 2.85. The number of likely N-dealkylation sites (N-methyl/N-ethyl adjacent to an activating group) is 1. The molecule has 1 atom stereocenters. The van der Waals surface area contributed by atoms with E-state index in [-0.39, 0.29) is 0 Å². The normalized spacial score (nSPS) is 18.1. The van der Waals surface area contributed by atoms with E-state index in [1.165, 1.54) is 12.8 Å². The maximum absolute atomic E-state index is 4.29. The number of hydrogen-bond acceptors (Lipinski definition) is 3. The van der Waals surface area contributed by atoms with Gasteiger partial charge < -0.3 is 5.32 Å². The van der Waals surface area contributed by atoms with Gasteiger partial charge in [0.1, 0.15) is 6.33 Å². The summed E-state index contributed by atoms with van der Waals surface area (Å²) in [6.07, 6.45) is 5.43. The lowest BCUT2D eigenvalue weighted by molar-refractivity contribution is 0.495. The highest BCUT2D eigenvalue weighted by molar-refractivity contribution is 5.09. The summed E-state index contributed by atoms with van der Waals surface area (Å²) in [5.41, 5.74) is 2.21. The minimum atomic E-state index is 0.601. The van der Waals surface area contributed by atoms with E-state index in [2.05, 4.69) is 21.4 Å². The molecule has 0 saturated heterocycles. The van der Waals surface area contributed by atoms with Gasteiger partial charge in [-0.3, -0.25) is 0 Å². The molecule has 0 amide bonds. The fraction of sp³-hybridized carbons (Fsp3) is 0.636. The number of nitrogens with zero attached hydrogens (tertiary/aromatic N) is 2. The van der Waals surface area contributed by atoms with E-state index in [1.807, 2.05) is 14.0 Å². The molecule has 0 aromatic carbocycles. The first-order valence-corrected chi connectivity index (χ1v) is 5.24. The Labute approximate surface area is 85.0 Å². The molecule has 14 heavy (non-hydrogen) atoms. The highest BCUT2D eigenvalue weighted by Gasteiger charge is 2.30. The van der Waals surface area contributed by atoms with Gasteiger partial charge in [-0.25, -0.2) is 9.97 Å². The molecule has 0 aliphatic heterocycles. The SMILES string of the molecule is CNC(Cc1cc(C)ncn1)C1CC1. The van der Waals surface area contributed by atoms with Gasteiger partial charge in [0.15, 0.2) is 0 Å². The predicted octanol–water partition coefficient (Wildman–Crippen LogP) is 1.33. The van der Waals surface area contributed by atoms with Crippen LogP contribution >= 0.6 is 0 Å². The summed E-state index contributed by atoms with van der Waals surface area (Å²) >= 11 is 0. The van der Waals surface area contributed by atoms with Crippen LogP contribution in [0.25, 0.3) is 0 Å². The van der Waals surface area contributed by atoms with Crippen LogP contribution in [0.15, 0.2) is 12.4 Å². The Morgan fingerprint density at radius 1 is 1.50 bits per heavy atom. The average molecular weight is 191 g/mol. The number of aromatic nitrogens is 2. The van der Waals surface area contributed by atoms with Crippen molar-refractivity contribution in [3.8, 4) is 0 Å². The summed E-state index contributed by atoms with van der Waals surface area (Å²) in [6, 6.07) is 2.68. The van der Waals surface area contributed by atoms with Crippen LogP contribution in [0.5, 0.6) is 0 Å². The largest absolute Gasteiger partial charge is 0.316 e. The first-order chi connectivity index (χ1) is 6.79. The lowest BCUT2D eigenvalue weighted by atomic mass is 10.1. The van der Waals surface area contributed by atoms with Gasteiger partial charge in [0.05, 0.1) is 0 Å². The predicted molar refractivity (Wildman–Crippen MR) is 56.0 cm³/mol.